The number of rotatable bonds is 9. The molecule has 1 fully saturated rings. The number of aryl methyl sites for hydroxylation is 1. The van der Waals surface area contributed by atoms with Crippen molar-refractivity contribution in [1.29, 1.82) is 0 Å². The Labute approximate surface area is 193 Å². The van der Waals surface area contributed by atoms with E-state index in [1.165, 1.54) is 19.1 Å². The number of carbonyl (C=O) groups is 2. The molecule has 0 spiro atoms. The maximum Gasteiger partial charge on any atom is 0.295 e. The van der Waals surface area contributed by atoms with Gasteiger partial charge in [0.2, 0.25) is 0 Å². The highest BCUT2D eigenvalue weighted by Crippen LogP contribution is 2.45. The number of ketones is 1. The van der Waals surface area contributed by atoms with Crippen LogP contribution in [0.1, 0.15) is 29.2 Å². The summed E-state index contributed by atoms with van der Waals surface area (Å²) in [6, 6.07) is 9.46. The summed E-state index contributed by atoms with van der Waals surface area (Å²) in [5, 5.41) is 11.3. The van der Waals surface area contributed by atoms with Gasteiger partial charge in [0.05, 0.1) is 32.9 Å². The number of ether oxygens (including phenoxy) is 4. The average molecular weight is 456 g/mol. The Bertz CT molecular complexity index is 1080. The van der Waals surface area contributed by atoms with Crippen molar-refractivity contribution in [3.63, 3.8) is 0 Å². The molecule has 0 bridgehead atoms. The van der Waals surface area contributed by atoms with Gasteiger partial charge in [-0.15, -0.1) is 0 Å². The normalized spacial score (nSPS) is 17.4. The molecule has 1 heterocycles. The second kappa shape index (κ2) is 10.4. The Morgan fingerprint density at radius 3 is 2.33 bits per heavy atom. The highest BCUT2D eigenvalue weighted by molar-refractivity contribution is 6.46. The third-order valence-electron chi connectivity index (χ3n) is 5.68. The lowest BCUT2D eigenvalue weighted by Gasteiger charge is -2.27. The predicted octanol–water partition coefficient (Wildman–Crippen LogP) is 3.48. The Morgan fingerprint density at radius 1 is 1.00 bits per heavy atom. The lowest BCUT2D eigenvalue weighted by Crippen LogP contribution is -2.31. The predicted molar refractivity (Wildman–Crippen MR) is 123 cm³/mol. The molecule has 0 radical (unpaired) electrons. The van der Waals surface area contributed by atoms with Gasteiger partial charge in [-0.3, -0.25) is 9.59 Å². The first kappa shape index (κ1) is 24.1. The molecule has 0 aromatic heterocycles. The minimum Gasteiger partial charge on any atom is -0.507 e. The topological polar surface area (TPSA) is 94.5 Å². The maximum absolute atomic E-state index is 13.2. The van der Waals surface area contributed by atoms with Gasteiger partial charge in [-0.05, 0) is 43.2 Å². The minimum absolute atomic E-state index is 0.00598. The van der Waals surface area contributed by atoms with Crippen molar-refractivity contribution in [1.82, 2.24) is 4.90 Å². The molecule has 8 heteroatoms. The Balaban J connectivity index is 2.22. The standard InChI is InChI=1S/C25H29NO7/c1-15-14-16(10-11-18(15)31-3)22(27)20-21(17-8-6-9-19(32-4)24(17)33-5)26(12-7-13-30-2)25(29)23(20)28/h6,8-11,14,21,27H,7,12-13H2,1-5H3. The molecule has 0 saturated carbocycles. The van der Waals surface area contributed by atoms with Crippen molar-refractivity contribution in [2.24, 2.45) is 0 Å². The second-order valence-electron chi connectivity index (χ2n) is 7.61. The van der Waals surface area contributed by atoms with Crippen molar-refractivity contribution in [3.05, 3.63) is 58.7 Å². The molecule has 1 aliphatic heterocycles. The number of aliphatic hydroxyl groups excluding tert-OH is 1. The van der Waals surface area contributed by atoms with Gasteiger partial charge in [-0.25, -0.2) is 0 Å². The molecule has 1 unspecified atom stereocenters. The van der Waals surface area contributed by atoms with Crippen LogP contribution in [0.2, 0.25) is 0 Å². The van der Waals surface area contributed by atoms with Gasteiger partial charge in [0, 0.05) is 31.4 Å². The van der Waals surface area contributed by atoms with Gasteiger partial charge in [0.25, 0.3) is 11.7 Å². The van der Waals surface area contributed by atoms with E-state index in [0.29, 0.717) is 41.4 Å². The number of carbonyl (C=O) groups excluding carboxylic acids is 2. The monoisotopic (exact) mass is 455 g/mol. The summed E-state index contributed by atoms with van der Waals surface area (Å²) in [5.74, 6) is -0.208. The summed E-state index contributed by atoms with van der Waals surface area (Å²) in [6.45, 7) is 2.52. The number of para-hydroxylation sites is 1. The van der Waals surface area contributed by atoms with Crippen LogP contribution in [0.25, 0.3) is 5.76 Å². The van der Waals surface area contributed by atoms with Crippen LogP contribution in [-0.4, -0.2) is 63.3 Å². The number of aliphatic hydroxyl groups is 1. The van der Waals surface area contributed by atoms with Crippen LogP contribution in [0.15, 0.2) is 42.0 Å². The minimum atomic E-state index is -0.852. The molecule has 1 atom stereocenters. The quantitative estimate of drug-likeness (QED) is 0.268. The van der Waals surface area contributed by atoms with Crippen LogP contribution >= 0.6 is 0 Å². The Morgan fingerprint density at radius 2 is 1.73 bits per heavy atom. The number of hydrogen-bond donors (Lipinski definition) is 1. The van der Waals surface area contributed by atoms with Crippen molar-refractivity contribution in [2.75, 3.05) is 41.6 Å². The van der Waals surface area contributed by atoms with Crippen LogP contribution < -0.4 is 14.2 Å². The smallest absolute Gasteiger partial charge is 0.295 e. The number of amides is 1. The van der Waals surface area contributed by atoms with E-state index >= 15 is 0 Å². The van der Waals surface area contributed by atoms with Crippen LogP contribution in [0.3, 0.4) is 0 Å². The molecule has 3 rings (SSSR count). The molecule has 2 aromatic carbocycles. The van der Waals surface area contributed by atoms with Crippen molar-refractivity contribution < 1.29 is 33.6 Å². The van der Waals surface area contributed by atoms with E-state index in [2.05, 4.69) is 0 Å². The van der Waals surface area contributed by atoms with Gasteiger partial charge in [-0.1, -0.05) is 12.1 Å². The van der Waals surface area contributed by atoms with Gasteiger partial charge < -0.3 is 29.0 Å². The summed E-state index contributed by atoms with van der Waals surface area (Å²) in [7, 11) is 6.13. The van der Waals surface area contributed by atoms with Gasteiger partial charge in [0.15, 0.2) is 11.5 Å². The number of Topliss-reactive ketones (excluding diaryl/α,β-unsaturated/α-hetero) is 1. The summed E-state index contributed by atoms with van der Waals surface area (Å²) < 4.78 is 21.4. The number of likely N-dealkylation sites (tertiary alicyclic amines) is 1. The highest BCUT2D eigenvalue weighted by atomic mass is 16.5. The number of nitrogens with zero attached hydrogens (tertiary/aromatic N) is 1. The molecule has 33 heavy (non-hydrogen) atoms. The lowest BCUT2D eigenvalue weighted by molar-refractivity contribution is -0.140. The average Bonchev–Trinajstić information content (AvgIpc) is 3.07. The summed E-state index contributed by atoms with van der Waals surface area (Å²) in [6.07, 6.45) is 0.522. The third-order valence-corrected chi connectivity index (χ3v) is 5.68. The van der Waals surface area contributed by atoms with Gasteiger partial charge in [0.1, 0.15) is 11.5 Å². The van der Waals surface area contributed by atoms with Crippen molar-refractivity contribution in [2.45, 2.75) is 19.4 Å². The molecule has 1 saturated heterocycles. The number of hydrogen-bond acceptors (Lipinski definition) is 7. The Hall–Kier alpha value is -3.52. The first-order chi connectivity index (χ1) is 15.9. The fourth-order valence-electron chi connectivity index (χ4n) is 4.12. The molecular weight excluding hydrogens is 426 g/mol. The van der Waals surface area contributed by atoms with E-state index in [9.17, 15) is 14.7 Å². The van der Waals surface area contributed by atoms with Crippen LogP contribution in [0, 0.1) is 6.92 Å². The van der Waals surface area contributed by atoms with E-state index < -0.39 is 17.7 Å². The van der Waals surface area contributed by atoms with Crippen LogP contribution in [-0.2, 0) is 14.3 Å². The maximum atomic E-state index is 13.2. The van der Waals surface area contributed by atoms with E-state index in [4.69, 9.17) is 18.9 Å². The van der Waals surface area contributed by atoms with E-state index in [0.717, 1.165) is 5.56 Å². The Kier molecular flexibility index (Phi) is 7.60. The number of benzene rings is 2. The molecule has 8 nitrogen and oxygen atoms in total. The molecule has 1 aliphatic rings. The van der Waals surface area contributed by atoms with Crippen molar-refractivity contribution >= 4 is 17.4 Å². The summed E-state index contributed by atoms with van der Waals surface area (Å²) in [5.41, 5.74) is 1.73. The second-order valence-corrected chi connectivity index (χ2v) is 7.61. The molecule has 0 aliphatic carbocycles. The molecule has 1 N–H and O–H groups in total. The van der Waals surface area contributed by atoms with Gasteiger partial charge in [-0.2, -0.15) is 0 Å². The number of methoxy groups -OCH3 is 4. The first-order valence-electron chi connectivity index (χ1n) is 10.5. The SMILES string of the molecule is COCCCN1C(=O)C(=O)C(=C(O)c2ccc(OC)c(C)c2)C1c1cccc(OC)c1OC. The first-order valence-corrected chi connectivity index (χ1v) is 10.5. The zero-order valence-corrected chi connectivity index (χ0v) is 19.5. The summed E-state index contributed by atoms with van der Waals surface area (Å²) >= 11 is 0. The van der Waals surface area contributed by atoms with Crippen LogP contribution in [0.4, 0.5) is 0 Å². The molecule has 176 valence electrons. The zero-order chi connectivity index (χ0) is 24.1. The van der Waals surface area contributed by atoms with Crippen LogP contribution in [0.5, 0.6) is 17.2 Å². The fraction of sp³-hybridized carbons (Fsp3) is 0.360. The largest absolute Gasteiger partial charge is 0.507 e. The lowest BCUT2D eigenvalue weighted by atomic mass is 9.94. The zero-order valence-electron chi connectivity index (χ0n) is 19.5. The van der Waals surface area contributed by atoms with Gasteiger partial charge >= 0.3 is 0 Å². The fourth-order valence-corrected chi connectivity index (χ4v) is 4.12. The van der Waals surface area contributed by atoms with Crippen molar-refractivity contribution in [3.8, 4) is 17.2 Å². The third kappa shape index (κ3) is 4.52. The van der Waals surface area contributed by atoms with E-state index in [-0.39, 0.29) is 17.9 Å². The summed E-state index contributed by atoms with van der Waals surface area (Å²) in [4.78, 5) is 27.7. The molecular formula is C25H29NO7. The molecule has 2 aromatic rings. The van der Waals surface area contributed by atoms with E-state index in [1.54, 1.807) is 50.6 Å². The van der Waals surface area contributed by atoms with E-state index in [1.807, 2.05) is 6.92 Å². The molecule has 1 amide bonds. The highest BCUT2D eigenvalue weighted by Gasteiger charge is 2.47.